The summed E-state index contributed by atoms with van der Waals surface area (Å²) in [6.07, 6.45) is 16.1. The van der Waals surface area contributed by atoms with Crippen molar-refractivity contribution in [3.63, 3.8) is 0 Å². The highest BCUT2D eigenvalue weighted by molar-refractivity contribution is 6.36. The van der Waals surface area contributed by atoms with Crippen LogP contribution in [0.3, 0.4) is 0 Å². The van der Waals surface area contributed by atoms with Gasteiger partial charge in [0.15, 0.2) is 11.5 Å². The lowest BCUT2D eigenvalue weighted by molar-refractivity contribution is -0.125. The second kappa shape index (κ2) is 24.4. The highest BCUT2D eigenvalue weighted by Gasteiger charge is 2.30. The van der Waals surface area contributed by atoms with Gasteiger partial charge in [-0.1, -0.05) is 105 Å². The number of anilines is 2. The number of nitrogens with zero attached hydrogens (tertiary/aromatic N) is 2. The third kappa shape index (κ3) is 12.1. The number of rotatable bonds is 26. The Kier molecular flexibility index (Phi) is 19.5. The van der Waals surface area contributed by atoms with Gasteiger partial charge in [0.05, 0.1) is 26.4 Å². The maximum Gasteiger partial charge on any atom is 0.230 e. The summed E-state index contributed by atoms with van der Waals surface area (Å²) in [5.74, 6) is 0.0638. The molecule has 4 aromatic carbocycles. The lowest BCUT2D eigenvalue weighted by atomic mass is 9.90. The molecule has 0 N–H and O–H groups in total. The van der Waals surface area contributed by atoms with E-state index >= 15 is 0 Å². The Morgan fingerprint density at radius 3 is 0.933 bits per heavy atom. The number of benzene rings is 4. The molecular weight excluding hydrogens is 757 g/mol. The van der Waals surface area contributed by atoms with Crippen molar-refractivity contribution in [1.29, 1.82) is 0 Å². The number of hydrogen-bond acceptors (Lipinski definition) is 8. The van der Waals surface area contributed by atoms with Gasteiger partial charge in [0.25, 0.3) is 0 Å². The van der Waals surface area contributed by atoms with Gasteiger partial charge in [0.1, 0.15) is 22.9 Å². The first kappa shape index (κ1) is 47.8. The van der Waals surface area contributed by atoms with Crippen molar-refractivity contribution in [2.45, 2.75) is 158 Å². The summed E-state index contributed by atoms with van der Waals surface area (Å²) in [7, 11) is 0. The Hall–Kier alpha value is -4.86. The Balaban J connectivity index is 2.22. The van der Waals surface area contributed by atoms with Gasteiger partial charge in [-0.2, -0.15) is 0 Å². The zero-order chi connectivity index (χ0) is 43.6. The molecule has 0 saturated carbocycles. The van der Waals surface area contributed by atoms with Gasteiger partial charge in [-0.3, -0.25) is 19.2 Å². The van der Waals surface area contributed by atoms with E-state index in [9.17, 15) is 19.2 Å². The Bertz CT molecular complexity index is 1900. The molecule has 0 aliphatic rings. The molecule has 0 unspecified atom stereocenters. The zero-order valence-electron chi connectivity index (χ0n) is 37.8. The van der Waals surface area contributed by atoms with Crippen molar-refractivity contribution < 1.29 is 38.1 Å². The summed E-state index contributed by atoms with van der Waals surface area (Å²) < 4.78 is 26.1. The molecule has 0 saturated heterocycles. The summed E-state index contributed by atoms with van der Waals surface area (Å²) in [5.41, 5.74) is 0.676. The summed E-state index contributed by atoms with van der Waals surface area (Å²) in [6.45, 7) is 15.9. The average Bonchev–Trinajstić information content (AvgIpc) is 3.21. The molecular formula is C50H70N2O8. The number of unbranched alkanes of at least 4 members (excludes halogenated alkanes) is 12. The van der Waals surface area contributed by atoms with Gasteiger partial charge in [-0.05, 0) is 83.6 Å². The predicted molar refractivity (Wildman–Crippen MR) is 245 cm³/mol. The fourth-order valence-corrected chi connectivity index (χ4v) is 7.93. The van der Waals surface area contributed by atoms with Crippen LogP contribution in [0.15, 0.2) is 36.4 Å². The Labute approximate surface area is 358 Å². The molecule has 4 rings (SSSR count). The molecule has 0 radical (unpaired) electrons. The second-order valence-electron chi connectivity index (χ2n) is 15.9. The minimum Gasteiger partial charge on any atom is -0.491 e. The predicted octanol–water partition coefficient (Wildman–Crippen LogP) is 12.8. The van der Waals surface area contributed by atoms with E-state index in [1.807, 2.05) is 36.4 Å². The van der Waals surface area contributed by atoms with E-state index in [4.69, 9.17) is 18.9 Å². The van der Waals surface area contributed by atoms with E-state index in [1.165, 1.54) is 37.5 Å². The van der Waals surface area contributed by atoms with E-state index in [0.29, 0.717) is 93.1 Å². The number of ether oxygens (including phenoxy) is 4. The maximum absolute atomic E-state index is 13.5. The van der Waals surface area contributed by atoms with Crippen molar-refractivity contribution in [2.75, 3.05) is 36.2 Å². The number of carbonyl (C=O) groups excluding carboxylic acids is 4. The Morgan fingerprint density at radius 1 is 0.383 bits per heavy atom. The highest BCUT2D eigenvalue weighted by atomic mass is 16.5. The first-order chi connectivity index (χ1) is 29.0. The maximum atomic E-state index is 13.5. The van der Waals surface area contributed by atoms with E-state index in [0.717, 1.165) is 103 Å². The second-order valence-corrected chi connectivity index (χ2v) is 15.9. The molecule has 0 heterocycles. The van der Waals surface area contributed by atoms with Crippen LogP contribution in [0.5, 0.6) is 23.0 Å². The average molecular weight is 827 g/mol. The number of amides is 4. The lowest BCUT2D eigenvalue weighted by Gasteiger charge is -2.27. The smallest absolute Gasteiger partial charge is 0.230 e. The summed E-state index contributed by atoms with van der Waals surface area (Å²) >= 11 is 0. The van der Waals surface area contributed by atoms with Crippen molar-refractivity contribution in [1.82, 2.24) is 0 Å². The molecule has 0 fully saturated rings. The van der Waals surface area contributed by atoms with Crippen LogP contribution in [-0.4, -0.2) is 50.1 Å². The number of carbonyl (C=O) groups is 4. The first-order valence-electron chi connectivity index (χ1n) is 22.7. The van der Waals surface area contributed by atoms with Crippen molar-refractivity contribution in [3.05, 3.63) is 36.4 Å². The van der Waals surface area contributed by atoms with Crippen LogP contribution in [0.2, 0.25) is 0 Å². The molecule has 0 bridgehead atoms. The van der Waals surface area contributed by atoms with E-state index in [1.54, 1.807) is 0 Å². The summed E-state index contributed by atoms with van der Waals surface area (Å²) in [6, 6.07) is 11.4. The highest BCUT2D eigenvalue weighted by Crippen LogP contribution is 2.51. The van der Waals surface area contributed by atoms with Crippen LogP contribution < -0.4 is 28.7 Å². The Morgan fingerprint density at radius 2 is 0.667 bits per heavy atom. The topological polar surface area (TPSA) is 112 Å². The summed E-state index contributed by atoms with van der Waals surface area (Å²) in [4.78, 5) is 56.6. The standard InChI is InChI=1S/C50H70N2O8/c1-9-13-17-21-29-57-43-27-25-39-40-26-28-44(58-30-22-18-14-10-2)50(52(37(7)55)38(8)56)48(40)42-34-46(60-32-24-20-16-12-4)45(59-31-23-19-15-11-3)33-41(42)47(39)49(43)51(35(5)53)36(6)54/h25-28,33-34H,9-24,29-32H2,1-8H3. The van der Waals surface area contributed by atoms with E-state index in [2.05, 4.69) is 27.7 Å². The normalized spacial score (nSPS) is 11.3. The van der Waals surface area contributed by atoms with Crippen LogP contribution in [-0.2, 0) is 19.2 Å². The molecule has 0 aliphatic heterocycles. The van der Waals surface area contributed by atoms with Crippen molar-refractivity contribution >= 4 is 67.3 Å². The fourth-order valence-electron chi connectivity index (χ4n) is 7.93. The van der Waals surface area contributed by atoms with Gasteiger partial charge < -0.3 is 18.9 Å². The minimum absolute atomic E-state index is 0.338. The molecule has 10 nitrogen and oxygen atoms in total. The van der Waals surface area contributed by atoms with Crippen molar-refractivity contribution in [2.24, 2.45) is 0 Å². The molecule has 0 spiro atoms. The fraction of sp³-hybridized carbons (Fsp3) is 0.560. The monoisotopic (exact) mass is 827 g/mol. The quantitative estimate of drug-likeness (QED) is 0.0454. The minimum atomic E-state index is -0.453. The van der Waals surface area contributed by atoms with Gasteiger partial charge in [0, 0.05) is 38.5 Å². The van der Waals surface area contributed by atoms with Crippen molar-refractivity contribution in [3.8, 4) is 23.0 Å². The SMILES string of the molecule is CCCCCCOc1cc2c(cc1OCCCCCC)c1c(N(C(C)=O)C(C)=O)c(OCCCCCC)ccc1c1ccc(OCCCCCC)c(N(C(C)=O)C(C)=O)c12. The van der Waals surface area contributed by atoms with Crippen LogP contribution in [0.25, 0.3) is 32.3 Å². The number of hydrogen-bond donors (Lipinski definition) is 0. The molecule has 10 heteroatoms. The third-order valence-corrected chi connectivity index (χ3v) is 10.9. The van der Waals surface area contributed by atoms with Crippen LogP contribution in [0, 0.1) is 0 Å². The van der Waals surface area contributed by atoms with Crippen LogP contribution in [0.4, 0.5) is 11.4 Å². The number of fused-ring (bicyclic) bond motifs is 6. The molecule has 4 aromatic rings. The van der Waals surface area contributed by atoms with E-state index in [-0.39, 0.29) is 0 Å². The molecule has 0 aliphatic carbocycles. The lowest BCUT2D eigenvalue weighted by Crippen LogP contribution is -2.34. The zero-order valence-corrected chi connectivity index (χ0v) is 37.8. The van der Waals surface area contributed by atoms with Gasteiger partial charge >= 0.3 is 0 Å². The number of imide groups is 2. The van der Waals surface area contributed by atoms with Crippen LogP contribution >= 0.6 is 0 Å². The molecule has 60 heavy (non-hydrogen) atoms. The molecule has 4 amide bonds. The van der Waals surface area contributed by atoms with Crippen LogP contribution in [0.1, 0.15) is 158 Å². The third-order valence-electron chi connectivity index (χ3n) is 10.9. The molecule has 0 aromatic heterocycles. The van der Waals surface area contributed by atoms with E-state index < -0.39 is 23.6 Å². The largest absolute Gasteiger partial charge is 0.491 e. The summed E-state index contributed by atoms with van der Waals surface area (Å²) in [5, 5.41) is 3.90. The van der Waals surface area contributed by atoms with Gasteiger partial charge in [0.2, 0.25) is 23.6 Å². The first-order valence-corrected chi connectivity index (χ1v) is 22.7. The van der Waals surface area contributed by atoms with Gasteiger partial charge in [-0.15, -0.1) is 0 Å². The molecule has 0 atom stereocenters. The molecule has 328 valence electrons. The van der Waals surface area contributed by atoms with Gasteiger partial charge in [-0.25, -0.2) is 9.80 Å².